The van der Waals surface area contributed by atoms with E-state index in [-0.39, 0.29) is 18.9 Å². The van der Waals surface area contributed by atoms with Gasteiger partial charge in [-0.15, -0.1) is 0 Å². The number of aliphatic hydroxyl groups is 11. The van der Waals surface area contributed by atoms with Gasteiger partial charge in [-0.1, -0.05) is 309 Å². The van der Waals surface area contributed by atoms with Crippen LogP contribution < -0.4 is 5.32 Å². The Labute approximate surface area is 640 Å². The molecule has 3 rings (SSSR count). The van der Waals surface area contributed by atoms with Crippen LogP contribution in [0.5, 0.6) is 0 Å². The molecule has 17 unspecified atom stereocenters. The van der Waals surface area contributed by atoms with Crippen LogP contribution in [-0.4, -0.2) is 193 Å². The van der Waals surface area contributed by atoms with Crippen molar-refractivity contribution in [3.8, 4) is 0 Å². The normalized spacial score (nSPS) is 26.2. The van der Waals surface area contributed by atoms with Crippen molar-refractivity contribution in [2.45, 2.75) is 407 Å². The lowest BCUT2D eigenvalue weighted by molar-refractivity contribution is -0.379. The van der Waals surface area contributed by atoms with Crippen LogP contribution in [0.3, 0.4) is 0 Å². The fourth-order valence-electron chi connectivity index (χ4n) is 13.6. The van der Waals surface area contributed by atoms with Gasteiger partial charge >= 0.3 is 0 Å². The maximum absolute atomic E-state index is 13.5. The van der Waals surface area contributed by atoms with E-state index >= 15 is 0 Å². The first-order valence-electron chi connectivity index (χ1n) is 42.1. The Kier molecular flexibility index (Phi) is 60.3. The van der Waals surface area contributed by atoms with Crippen LogP contribution in [0.15, 0.2) is 109 Å². The van der Waals surface area contributed by atoms with E-state index in [9.17, 15) is 61.0 Å². The molecule has 0 spiro atoms. The molecular weight excluding hydrogens is 1350 g/mol. The molecule has 0 saturated carbocycles. The SMILES string of the molecule is CC/C=C\C/C=C\C/C=C\C/C=C\C/C=C\C/C=C\CCCCCCCCCCCCCCCCCCCCCCCCC(=O)NC(COC1OC(CO)C(OC2OC(CO)C(OC3OC(CO)C(O)C(O)C3O)C(O)C2O)C(O)C1O)C(O)/C=C/CC/C=C/CC/C=C/CCCCCCCCCCCC. The number of amides is 1. The Bertz CT molecular complexity index is 2340. The van der Waals surface area contributed by atoms with Gasteiger partial charge in [-0.2, -0.15) is 0 Å². The second-order valence-corrected chi connectivity index (χ2v) is 29.5. The van der Waals surface area contributed by atoms with E-state index in [0.29, 0.717) is 12.8 Å². The summed E-state index contributed by atoms with van der Waals surface area (Å²) in [6.45, 7) is 1.61. The van der Waals surface area contributed by atoms with Gasteiger partial charge in [-0.05, 0) is 96.3 Å². The summed E-state index contributed by atoms with van der Waals surface area (Å²) in [5.41, 5.74) is 0. The molecule has 0 aromatic carbocycles. The Hall–Kier alpha value is -3.55. The van der Waals surface area contributed by atoms with E-state index in [4.69, 9.17) is 28.4 Å². The third-order valence-corrected chi connectivity index (χ3v) is 20.3. The fraction of sp³-hybridized carbons (Fsp3) is 0.782. The third-order valence-electron chi connectivity index (χ3n) is 20.3. The number of hydrogen-bond acceptors (Lipinski definition) is 18. The summed E-state index contributed by atoms with van der Waals surface area (Å²) < 4.78 is 34.4. The Morgan fingerprint density at radius 2 is 0.660 bits per heavy atom. The van der Waals surface area contributed by atoms with Crippen LogP contribution in [0.2, 0.25) is 0 Å². The molecule has 0 aliphatic carbocycles. The predicted octanol–water partition coefficient (Wildman–Crippen LogP) is 14.9. The van der Waals surface area contributed by atoms with Crippen molar-refractivity contribution in [2.75, 3.05) is 26.4 Å². The second-order valence-electron chi connectivity index (χ2n) is 29.5. The number of carbonyl (C=O) groups is 1. The van der Waals surface area contributed by atoms with Gasteiger partial charge < -0.3 is 89.9 Å². The summed E-state index contributed by atoms with van der Waals surface area (Å²) in [6.07, 6.45) is 65.2. The Balaban J connectivity index is 1.31. The van der Waals surface area contributed by atoms with Crippen molar-refractivity contribution in [3.05, 3.63) is 109 Å². The molecule has 3 aliphatic rings. The lowest BCUT2D eigenvalue weighted by atomic mass is 9.96. The maximum Gasteiger partial charge on any atom is 0.220 e. The van der Waals surface area contributed by atoms with Crippen molar-refractivity contribution in [1.29, 1.82) is 0 Å². The number of allylic oxidation sites excluding steroid dienone is 17. The minimum absolute atomic E-state index is 0.231. The molecule has 17 atom stereocenters. The zero-order chi connectivity index (χ0) is 76.7. The van der Waals surface area contributed by atoms with Gasteiger partial charge in [0, 0.05) is 6.42 Å². The number of carbonyl (C=O) groups excluding carboxylic acids is 1. The highest BCUT2D eigenvalue weighted by molar-refractivity contribution is 5.76. The lowest BCUT2D eigenvalue weighted by Crippen LogP contribution is -2.66. The molecule has 3 heterocycles. The summed E-state index contributed by atoms with van der Waals surface area (Å²) in [7, 11) is 0. The largest absolute Gasteiger partial charge is 0.394 e. The Morgan fingerprint density at radius 3 is 1.06 bits per heavy atom. The van der Waals surface area contributed by atoms with Crippen LogP contribution >= 0.6 is 0 Å². The van der Waals surface area contributed by atoms with Crippen molar-refractivity contribution in [3.63, 3.8) is 0 Å². The van der Waals surface area contributed by atoms with Crippen molar-refractivity contribution in [2.24, 2.45) is 0 Å². The molecular formula is C87H151NO18. The number of hydrogen-bond donors (Lipinski definition) is 12. The molecule has 3 saturated heterocycles. The molecule has 0 bridgehead atoms. The topological polar surface area (TPSA) is 307 Å². The zero-order valence-corrected chi connectivity index (χ0v) is 65.6. The minimum Gasteiger partial charge on any atom is -0.394 e. The summed E-state index contributed by atoms with van der Waals surface area (Å²) >= 11 is 0. The van der Waals surface area contributed by atoms with E-state index in [1.54, 1.807) is 6.08 Å². The maximum atomic E-state index is 13.5. The van der Waals surface area contributed by atoms with Gasteiger partial charge in [0.15, 0.2) is 18.9 Å². The van der Waals surface area contributed by atoms with Crippen LogP contribution in [0, 0.1) is 0 Å². The lowest BCUT2D eigenvalue weighted by Gasteiger charge is -2.48. The first-order valence-corrected chi connectivity index (χ1v) is 42.1. The van der Waals surface area contributed by atoms with Gasteiger partial charge in [0.25, 0.3) is 0 Å². The third kappa shape index (κ3) is 45.1. The summed E-state index contributed by atoms with van der Waals surface area (Å²) in [5.74, 6) is -0.288. The van der Waals surface area contributed by atoms with Crippen LogP contribution in [0.25, 0.3) is 0 Å². The molecule has 0 aromatic heterocycles. The van der Waals surface area contributed by atoms with E-state index in [1.165, 1.54) is 186 Å². The smallest absolute Gasteiger partial charge is 0.220 e. The van der Waals surface area contributed by atoms with E-state index < -0.39 is 124 Å². The van der Waals surface area contributed by atoms with Crippen LogP contribution in [0.1, 0.15) is 303 Å². The molecule has 106 heavy (non-hydrogen) atoms. The van der Waals surface area contributed by atoms with Gasteiger partial charge in [0.1, 0.15) is 73.2 Å². The van der Waals surface area contributed by atoms with Gasteiger partial charge in [0.2, 0.25) is 5.91 Å². The van der Waals surface area contributed by atoms with Crippen LogP contribution in [-0.2, 0) is 33.2 Å². The molecule has 19 heteroatoms. The molecule has 3 aliphatic heterocycles. The highest BCUT2D eigenvalue weighted by Crippen LogP contribution is 2.33. The van der Waals surface area contributed by atoms with Crippen LogP contribution in [0.4, 0.5) is 0 Å². The zero-order valence-electron chi connectivity index (χ0n) is 65.6. The first-order chi connectivity index (χ1) is 51.8. The number of unbranched alkanes of at least 4 members (excludes halogenated alkanes) is 34. The molecule has 19 nitrogen and oxygen atoms in total. The summed E-state index contributed by atoms with van der Waals surface area (Å²) in [4.78, 5) is 13.5. The number of aliphatic hydroxyl groups excluding tert-OH is 11. The molecule has 612 valence electrons. The monoisotopic (exact) mass is 1500 g/mol. The summed E-state index contributed by atoms with van der Waals surface area (Å²) in [6, 6.07) is -1.00. The quantitative estimate of drug-likeness (QED) is 0.0199. The van der Waals surface area contributed by atoms with Gasteiger partial charge in [-0.25, -0.2) is 0 Å². The standard InChI is InChI=1S/C87H151NO18/c1-3-5-7-9-11-13-15-17-19-21-23-25-26-27-28-29-30-31-32-33-34-35-36-37-38-39-40-41-42-43-44-45-47-49-51-53-55-57-59-61-63-65-75(93)88-70(71(92)64-62-60-58-56-54-52-50-48-46-24-22-20-18-16-14-12-10-8-6-4-2)69-101-85-81(99)78(96)83(73(67-90)103-85)106-87-82(100)79(97)84(74(68-91)104-87)105-86-80(98)77(95)76(94)72(66-89)102-86/h5,7,11,13,17,19,23,25,27-28,30-31,46,48,54,56,62,64,70-74,76-87,89-92,94-100H,3-4,6,8-10,12,14-16,18,20-22,24,26,29,32-45,47,49-53,55,57-61,63,65-69H2,1-2H3,(H,88,93)/b7-5-,13-11-,19-17-,25-23-,28-27-,31-30-,48-46+,56-54+,64-62+. The number of ether oxygens (including phenoxy) is 6. The average Bonchev–Trinajstić information content (AvgIpc) is 0.780. The first kappa shape index (κ1) is 96.6. The average molecular weight is 1500 g/mol. The minimum atomic E-state index is -1.99. The Morgan fingerprint density at radius 1 is 0.349 bits per heavy atom. The molecule has 3 fully saturated rings. The molecule has 0 radical (unpaired) electrons. The fourth-order valence-corrected chi connectivity index (χ4v) is 13.6. The highest BCUT2D eigenvalue weighted by Gasteiger charge is 2.54. The second kappa shape index (κ2) is 66.1. The summed E-state index contributed by atoms with van der Waals surface area (Å²) in [5, 5.41) is 121. The number of rotatable bonds is 66. The van der Waals surface area contributed by atoms with Crippen molar-refractivity contribution >= 4 is 5.91 Å². The molecule has 0 aromatic rings. The molecule has 1 amide bonds. The van der Waals surface area contributed by atoms with Gasteiger partial charge in [0.05, 0.1) is 38.6 Å². The van der Waals surface area contributed by atoms with E-state index in [0.717, 1.165) is 83.5 Å². The van der Waals surface area contributed by atoms with E-state index in [1.807, 2.05) is 6.08 Å². The predicted molar refractivity (Wildman–Crippen MR) is 424 cm³/mol. The number of nitrogens with one attached hydrogen (secondary N) is 1. The van der Waals surface area contributed by atoms with Crippen molar-refractivity contribution in [1.82, 2.24) is 5.32 Å². The van der Waals surface area contributed by atoms with Gasteiger partial charge in [-0.3, -0.25) is 4.79 Å². The van der Waals surface area contributed by atoms with E-state index in [2.05, 4.69) is 116 Å². The van der Waals surface area contributed by atoms with Crippen molar-refractivity contribution < 1.29 is 89.4 Å². The highest BCUT2D eigenvalue weighted by atomic mass is 16.8. The molecule has 12 N–H and O–H groups in total.